The molecule has 0 saturated heterocycles. The molecule has 0 aliphatic heterocycles. The highest BCUT2D eigenvalue weighted by atomic mass is 15.1. The Morgan fingerprint density at radius 1 is 0.435 bits per heavy atom. The maximum atomic E-state index is 7.49. The van der Waals surface area contributed by atoms with Gasteiger partial charge in [0.1, 0.15) is 0 Å². The summed E-state index contributed by atoms with van der Waals surface area (Å²) in [5.74, 6) is 0. The van der Waals surface area contributed by atoms with Gasteiger partial charge >= 0.3 is 0 Å². The van der Waals surface area contributed by atoms with Crippen molar-refractivity contribution in [2.24, 2.45) is 0 Å². The number of benzene rings is 8. The number of hydrogen-bond donors (Lipinski definition) is 0. The topological polar surface area (TPSA) is 7.60 Å². The first-order valence-electron chi connectivity index (χ1n) is 15.8. The zero-order chi connectivity index (χ0) is 31.0. The molecule has 216 valence electrons. The Hall–Kier alpha value is -5.91. The van der Waals surface area contributed by atoms with Crippen LogP contribution in [0.25, 0.3) is 59.1 Å². The van der Waals surface area contributed by atoms with Crippen LogP contribution in [0.15, 0.2) is 146 Å². The van der Waals surface area contributed by atoms with Gasteiger partial charge in [-0.2, -0.15) is 0 Å². The van der Waals surface area contributed by atoms with Crippen molar-refractivity contribution in [2.75, 3.05) is 4.90 Å². The van der Waals surface area contributed by atoms with Crippen LogP contribution < -0.4 is 4.90 Å². The Labute approximate surface area is 268 Å². The lowest BCUT2D eigenvalue weighted by Gasteiger charge is -2.27. The average Bonchev–Trinajstić information content (AvgIpc) is 3.30. The summed E-state index contributed by atoms with van der Waals surface area (Å²) in [5.41, 5.74) is 9.18. The van der Waals surface area contributed by atoms with Gasteiger partial charge in [-0.05, 0) is 126 Å². The molecule has 0 radical (unpaired) electrons. The van der Waals surface area contributed by atoms with Crippen LogP contribution in [0.5, 0.6) is 0 Å². The second-order valence-corrected chi connectivity index (χ2v) is 13.0. The molecule has 2 heteroatoms. The van der Waals surface area contributed by atoms with Crippen LogP contribution in [0.4, 0.5) is 22.7 Å². The summed E-state index contributed by atoms with van der Waals surface area (Å²) >= 11 is 0. The average molecular weight is 587 g/mol. The van der Waals surface area contributed by atoms with Crippen molar-refractivity contribution in [3.8, 4) is 11.1 Å². The summed E-state index contributed by atoms with van der Waals surface area (Å²) in [6.45, 7) is 12.1. The summed E-state index contributed by atoms with van der Waals surface area (Å²) in [6.07, 6.45) is 0. The molecule has 1 aliphatic rings. The Kier molecular flexibility index (Phi) is 5.64. The van der Waals surface area contributed by atoms with Crippen molar-refractivity contribution in [1.82, 2.24) is 0 Å². The van der Waals surface area contributed by atoms with Crippen LogP contribution in [-0.2, 0) is 5.41 Å². The van der Waals surface area contributed by atoms with Gasteiger partial charge in [-0.3, -0.25) is 0 Å². The van der Waals surface area contributed by atoms with E-state index >= 15 is 0 Å². The molecule has 0 fully saturated rings. The van der Waals surface area contributed by atoms with Crippen molar-refractivity contribution in [3.63, 3.8) is 0 Å². The first-order chi connectivity index (χ1) is 22.5. The Balaban J connectivity index is 1.22. The van der Waals surface area contributed by atoms with E-state index in [2.05, 4.69) is 157 Å². The summed E-state index contributed by atoms with van der Waals surface area (Å²) < 4.78 is 0. The van der Waals surface area contributed by atoms with Crippen molar-refractivity contribution in [2.45, 2.75) is 19.3 Å². The van der Waals surface area contributed by atoms with Gasteiger partial charge in [-0.1, -0.05) is 98.8 Å². The molecule has 8 aromatic rings. The van der Waals surface area contributed by atoms with E-state index in [4.69, 9.17) is 6.57 Å². The van der Waals surface area contributed by atoms with Crippen molar-refractivity contribution >= 4 is 65.8 Å². The van der Waals surface area contributed by atoms with E-state index in [0.29, 0.717) is 5.69 Å². The molecule has 0 aromatic heterocycles. The molecule has 0 spiro atoms. The molecule has 0 amide bonds. The molecule has 0 bridgehead atoms. The minimum absolute atomic E-state index is 0.159. The quantitative estimate of drug-likeness (QED) is 0.187. The number of nitrogens with zero attached hydrogens (tertiary/aromatic N) is 2. The van der Waals surface area contributed by atoms with Crippen LogP contribution >= 0.6 is 0 Å². The molecular formula is C44H30N2. The molecule has 0 atom stereocenters. The minimum Gasteiger partial charge on any atom is -0.310 e. The normalized spacial score (nSPS) is 13.2. The fourth-order valence-electron chi connectivity index (χ4n) is 7.48. The predicted octanol–water partition coefficient (Wildman–Crippen LogP) is 12.6. The van der Waals surface area contributed by atoms with Gasteiger partial charge in [0.25, 0.3) is 0 Å². The molecule has 0 heterocycles. The second-order valence-electron chi connectivity index (χ2n) is 13.0. The number of rotatable bonds is 3. The number of hydrogen-bond acceptors (Lipinski definition) is 1. The molecule has 8 aromatic carbocycles. The zero-order valence-corrected chi connectivity index (χ0v) is 25.8. The monoisotopic (exact) mass is 586 g/mol. The van der Waals surface area contributed by atoms with Crippen molar-refractivity contribution in [3.05, 3.63) is 168 Å². The van der Waals surface area contributed by atoms with E-state index in [9.17, 15) is 0 Å². The van der Waals surface area contributed by atoms with Gasteiger partial charge in [0.15, 0.2) is 5.69 Å². The second kappa shape index (κ2) is 9.80. The van der Waals surface area contributed by atoms with Gasteiger partial charge in [-0.25, -0.2) is 4.85 Å². The molecule has 1 aliphatic carbocycles. The van der Waals surface area contributed by atoms with Gasteiger partial charge in [0, 0.05) is 22.5 Å². The smallest absolute Gasteiger partial charge is 0.187 e. The fourth-order valence-corrected chi connectivity index (χ4v) is 7.48. The highest BCUT2D eigenvalue weighted by Crippen LogP contribution is 2.51. The van der Waals surface area contributed by atoms with Crippen LogP contribution in [-0.4, -0.2) is 0 Å². The molecular weight excluding hydrogens is 556 g/mol. The third-order valence-electron chi connectivity index (χ3n) is 9.93. The third kappa shape index (κ3) is 4.03. The van der Waals surface area contributed by atoms with Crippen LogP contribution in [0, 0.1) is 6.57 Å². The summed E-state index contributed by atoms with van der Waals surface area (Å²) in [4.78, 5) is 6.05. The van der Waals surface area contributed by atoms with Gasteiger partial charge in [0.05, 0.1) is 6.57 Å². The van der Waals surface area contributed by atoms with Gasteiger partial charge in [-0.15, -0.1) is 0 Å². The molecule has 9 rings (SSSR count). The maximum absolute atomic E-state index is 7.49. The zero-order valence-electron chi connectivity index (χ0n) is 25.8. The van der Waals surface area contributed by atoms with Crippen LogP contribution in [0.1, 0.15) is 25.0 Å². The van der Waals surface area contributed by atoms with Crippen molar-refractivity contribution in [1.29, 1.82) is 0 Å². The lowest BCUT2D eigenvalue weighted by molar-refractivity contribution is 0.662. The summed E-state index contributed by atoms with van der Waals surface area (Å²) in [7, 11) is 0. The Bertz CT molecular complexity index is 2500. The first kappa shape index (κ1) is 26.5. The molecule has 0 N–H and O–H groups in total. The van der Waals surface area contributed by atoms with Gasteiger partial charge < -0.3 is 4.90 Å². The Morgan fingerprint density at radius 2 is 0.848 bits per heavy atom. The van der Waals surface area contributed by atoms with E-state index in [1.54, 1.807) is 0 Å². The van der Waals surface area contributed by atoms with E-state index in [0.717, 1.165) is 22.4 Å². The molecule has 0 unspecified atom stereocenters. The minimum atomic E-state index is -0.159. The van der Waals surface area contributed by atoms with E-state index < -0.39 is 0 Å². The molecule has 2 nitrogen and oxygen atoms in total. The molecule has 0 saturated carbocycles. The summed E-state index contributed by atoms with van der Waals surface area (Å²) in [6, 6.07) is 52.9. The summed E-state index contributed by atoms with van der Waals surface area (Å²) in [5, 5.41) is 9.67. The largest absolute Gasteiger partial charge is 0.310 e. The maximum Gasteiger partial charge on any atom is 0.187 e. The van der Waals surface area contributed by atoms with Crippen molar-refractivity contribution < 1.29 is 0 Å². The van der Waals surface area contributed by atoms with E-state index in [1.165, 1.54) is 60.0 Å². The third-order valence-corrected chi connectivity index (χ3v) is 9.93. The first-order valence-corrected chi connectivity index (χ1v) is 15.8. The van der Waals surface area contributed by atoms with Crippen LogP contribution in [0.3, 0.4) is 0 Å². The highest BCUT2D eigenvalue weighted by Gasteiger charge is 2.36. The van der Waals surface area contributed by atoms with E-state index in [-0.39, 0.29) is 5.41 Å². The fraction of sp³-hybridized carbons (Fsp3) is 0.0682. The highest BCUT2D eigenvalue weighted by molar-refractivity contribution is 6.01. The SMILES string of the molecule is [C-]#[N+]c1ccc2cc3c(cc2c1)C(C)(C)c1cc2cc(N(c4ccc5ccccc5c4)c4ccc5ccccc5c4)ccc2cc1-3. The lowest BCUT2D eigenvalue weighted by atomic mass is 9.81. The van der Waals surface area contributed by atoms with Crippen LogP contribution in [0.2, 0.25) is 0 Å². The number of anilines is 3. The Morgan fingerprint density at radius 3 is 1.37 bits per heavy atom. The number of fused-ring (bicyclic) bond motifs is 7. The van der Waals surface area contributed by atoms with E-state index in [1.807, 2.05) is 12.1 Å². The van der Waals surface area contributed by atoms with Gasteiger partial charge in [0.2, 0.25) is 0 Å². The predicted molar refractivity (Wildman–Crippen MR) is 195 cm³/mol. The lowest BCUT2D eigenvalue weighted by Crippen LogP contribution is -2.15. The standard InChI is InChI=1S/C44H30N2/c1-44(2)42-26-34-20-36(45-3)16-12-32(34)24-40(42)41-25-33-15-19-39(23-35(33)27-43(41)44)46(37-17-13-28-8-4-6-10-30(28)21-37)38-18-14-29-9-5-7-11-31(29)22-38/h4-27H,1-2H3. The molecule has 46 heavy (non-hydrogen) atoms.